The fourth-order valence-electron chi connectivity index (χ4n) is 2.52. The maximum absolute atomic E-state index is 12.2. The third kappa shape index (κ3) is 3.48. The third-order valence-electron chi connectivity index (χ3n) is 3.58. The van der Waals surface area contributed by atoms with Crippen molar-refractivity contribution in [2.75, 3.05) is 19.7 Å². The normalized spacial score (nSPS) is 18.6. The second kappa shape index (κ2) is 6.65. The molecule has 0 saturated carbocycles. The first kappa shape index (κ1) is 14.6. The summed E-state index contributed by atoms with van der Waals surface area (Å²) in [6, 6.07) is 0.179. The predicted octanol–water partition coefficient (Wildman–Crippen LogP) is 0.350. The summed E-state index contributed by atoms with van der Waals surface area (Å²) in [5.74, 6) is 0.891. The number of likely N-dealkylation sites (tertiary alicyclic amines) is 1. The van der Waals surface area contributed by atoms with E-state index in [1.165, 1.54) is 6.33 Å². The SMILES string of the molecule is Cc1noc(COCC(=O)N2CCC[C@@H](n3cncn3)C2)n1. The molecule has 9 nitrogen and oxygen atoms in total. The Bertz CT molecular complexity index is 611. The second-order valence-corrected chi connectivity index (χ2v) is 5.24. The molecular weight excluding hydrogens is 288 g/mol. The summed E-state index contributed by atoms with van der Waals surface area (Å²) in [6.07, 6.45) is 5.14. The van der Waals surface area contributed by atoms with E-state index in [2.05, 4.69) is 20.2 Å². The van der Waals surface area contributed by atoms with Crippen LogP contribution in [0.25, 0.3) is 0 Å². The van der Waals surface area contributed by atoms with Crippen molar-refractivity contribution in [2.45, 2.75) is 32.4 Å². The summed E-state index contributed by atoms with van der Waals surface area (Å²) in [5, 5.41) is 7.81. The van der Waals surface area contributed by atoms with Crippen molar-refractivity contribution in [3.8, 4) is 0 Å². The van der Waals surface area contributed by atoms with E-state index in [9.17, 15) is 4.79 Å². The molecule has 22 heavy (non-hydrogen) atoms. The summed E-state index contributed by atoms with van der Waals surface area (Å²) >= 11 is 0. The van der Waals surface area contributed by atoms with Gasteiger partial charge in [-0.1, -0.05) is 5.16 Å². The maximum Gasteiger partial charge on any atom is 0.252 e. The van der Waals surface area contributed by atoms with E-state index in [0.717, 1.165) is 19.4 Å². The lowest BCUT2D eigenvalue weighted by molar-refractivity contribution is -0.138. The first-order valence-corrected chi connectivity index (χ1v) is 7.21. The average molecular weight is 306 g/mol. The number of aromatic nitrogens is 5. The molecule has 0 radical (unpaired) electrons. The highest BCUT2D eigenvalue weighted by atomic mass is 16.5. The van der Waals surface area contributed by atoms with Gasteiger partial charge in [-0.25, -0.2) is 9.67 Å². The van der Waals surface area contributed by atoms with Gasteiger partial charge in [0.2, 0.25) is 5.91 Å². The van der Waals surface area contributed by atoms with Crippen molar-refractivity contribution in [1.29, 1.82) is 0 Å². The Morgan fingerprint density at radius 1 is 1.55 bits per heavy atom. The minimum absolute atomic E-state index is 0.00546. The molecule has 3 heterocycles. The van der Waals surface area contributed by atoms with Gasteiger partial charge in [0, 0.05) is 13.1 Å². The number of ether oxygens (including phenoxy) is 1. The molecule has 1 atom stereocenters. The van der Waals surface area contributed by atoms with Crippen molar-refractivity contribution in [1.82, 2.24) is 29.8 Å². The van der Waals surface area contributed by atoms with Gasteiger partial charge in [-0.15, -0.1) is 0 Å². The Morgan fingerprint density at radius 3 is 3.18 bits per heavy atom. The molecule has 2 aromatic heterocycles. The molecule has 0 bridgehead atoms. The summed E-state index contributed by atoms with van der Waals surface area (Å²) < 4.78 is 12.1. The highest BCUT2D eigenvalue weighted by molar-refractivity contribution is 5.77. The van der Waals surface area contributed by atoms with Crippen LogP contribution in [0, 0.1) is 6.92 Å². The lowest BCUT2D eigenvalue weighted by atomic mass is 10.1. The zero-order chi connectivity index (χ0) is 15.4. The summed E-state index contributed by atoms with van der Waals surface area (Å²) in [7, 11) is 0. The molecule has 1 fully saturated rings. The monoisotopic (exact) mass is 306 g/mol. The fourth-order valence-corrected chi connectivity index (χ4v) is 2.52. The molecule has 118 valence electrons. The number of carbonyl (C=O) groups excluding carboxylic acids is 1. The smallest absolute Gasteiger partial charge is 0.252 e. The molecule has 0 N–H and O–H groups in total. The van der Waals surface area contributed by atoms with Gasteiger partial charge in [0.25, 0.3) is 5.89 Å². The van der Waals surface area contributed by atoms with E-state index in [4.69, 9.17) is 9.26 Å². The Balaban J connectivity index is 1.47. The van der Waals surface area contributed by atoms with Gasteiger partial charge in [0.05, 0.1) is 6.04 Å². The third-order valence-corrected chi connectivity index (χ3v) is 3.58. The van der Waals surface area contributed by atoms with Crippen molar-refractivity contribution in [2.24, 2.45) is 0 Å². The van der Waals surface area contributed by atoms with Gasteiger partial charge in [0.1, 0.15) is 25.9 Å². The van der Waals surface area contributed by atoms with Gasteiger partial charge in [-0.2, -0.15) is 10.1 Å². The van der Waals surface area contributed by atoms with Crippen LogP contribution in [0.2, 0.25) is 0 Å². The van der Waals surface area contributed by atoms with E-state index in [0.29, 0.717) is 18.3 Å². The first-order chi connectivity index (χ1) is 10.7. The molecule has 9 heteroatoms. The van der Waals surface area contributed by atoms with Crippen molar-refractivity contribution in [3.05, 3.63) is 24.4 Å². The summed E-state index contributed by atoms with van der Waals surface area (Å²) in [6.45, 7) is 3.26. The van der Waals surface area contributed by atoms with Gasteiger partial charge in [0.15, 0.2) is 5.82 Å². The molecule has 0 aliphatic carbocycles. The number of rotatable bonds is 5. The van der Waals surface area contributed by atoms with Crippen LogP contribution in [0.1, 0.15) is 30.6 Å². The molecule has 1 aliphatic heterocycles. The lowest BCUT2D eigenvalue weighted by Crippen LogP contribution is -2.42. The van der Waals surface area contributed by atoms with Crippen LogP contribution in [-0.4, -0.2) is 55.4 Å². The summed E-state index contributed by atoms with van der Waals surface area (Å²) in [4.78, 5) is 22.0. The van der Waals surface area contributed by atoms with Crippen LogP contribution in [0.15, 0.2) is 17.2 Å². The van der Waals surface area contributed by atoms with Crippen molar-refractivity contribution >= 4 is 5.91 Å². The average Bonchev–Trinajstić information content (AvgIpc) is 3.19. The van der Waals surface area contributed by atoms with Gasteiger partial charge < -0.3 is 14.2 Å². The fraction of sp³-hybridized carbons (Fsp3) is 0.615. The number of hydrogen-bond acceptors (Lipinski definition) is 7. The Kier molecular flexibility index (Phi) is 4.42. The van der Waals surface area contributed by atoms with Crippen LogP contribution in [0.4, 0.5) is 0 Å². The zero-order valence-electron chi connectivity index (χ0n) is 12.4. The minimum atomic E-state index is -0.0407. The van der Waals surface area contributed by atoms with Gasteiger partial charge in [-0.3, -0.25) is 4.79 Å². The number of carbonyl (C=O) groups is 1. The molecule has 1 aliphatic rings. The molecule has 1 amide bonds. The van der Waals surface area contributed by atoms with E-state index in [1.807, 2.05) is 4.68 Å². The summed E-state index contributed by atoms with van der Waals surface area (Å²) in [5.41, 5.74) is 0. The first-order valence-electron chi connectivity index (χ1n) is 7.21. The van der Waals surface area contributed by atoms with Crippen LogP contribution >= 0.6 is 0 Å². The second-order valence-electron chi connectivity index (χ2n) is 5.24. The zero-order valence-corrected chi connectivity index (χ0v) is 12.4. The quantitative estimate of drug-likeness (QED) is 0.785. The number of amides is 1. The van der Waals surface area contributed by atoms with Crippen molar-refractivity contribution in [3.63, 3.8) is 0 Å². The molecule has 0 spiro atoms. The van der Waals surface area contributed by atoms with E-state index >= 15 is 0 Å². The maximum atomic E-state index is 12.2. The lowest BCUT2D eigenvalue weighted by Gasteiger charge is -2.32. The standard InChI is InChI=1S/C13H18N6O3/c1-10-16-12(22-17-10)6-21-7-13(20)18-4-2-3-11(5-18)19-9-14-8-15-19/h8-9,11H,2-7H2,1H3/t11-/m1/s1. The van der Waals surface area contributed by atoms with Gasteiger partial charge in [-0.05, 0) is 19.8 Å². The van der Waals surface area contributed by atoms with E-state index in [1.54, 1.807) is 18.2 Å². The van der Waals surface area contributed by atoms with E-state index < -0.39 is 0 Å². The van der Waals surface area contributed by atoms with Crippen LogP contribution in [-0.2, 0) is 16.1 Å². The molecule has 3 rings (SSSR count). The Labute approximate surface area is 127 Å². The Morgan fingerprint density at radius 2 is 2.45 bits per heavy atom. The van der Waals surface area contributed by atoms with Crippen LogP contribution < -0.4 is 0 Å². The van der Waals surface area contributed by atoms with Crippen LogP contribution in [0.3, 0.4) is 0 Å². The van der Waals surface area contributed by atoms with Crippen LogP contribution in [0.5, 0.6) is 0 Å². The number of aryl methyl sites for hydroxylation is 1. The number of nitrogens with zero attached hydrogens (tertiary/aromatic N) is 6. The number of hydrogen-bond donors (Lipinski definition) is 0. The molecular formula is C13H18N6O3. The molecule has 1 saturated heterocycles. The highest BCUT2D eigenvalue weighted by Crippen LogP contribution is 2.20. The Hall–Kier alpha value is -2.29. The molecule has 0 aromatic carbocycles. The van der Waals surface area contributed by atoms with Crippen molar-refractivity contribution < 1.29 is 14.1 Å². The van der Waals surface area contributed by atoms with E-state index in [-0.39, 0.29) is 25.2 Å². The van der Waals surface area contributed by atoms with Gasteiger partial charge >= 0.3 is 0 Å². The predicted molar refractivity (Wildman–Crippen MR) is 73.6 cm³/mol. The molecule has 0 unspecified atom stereocenters. The largest absolute Gasteiger partial charge is 0.362 e. The minimum Gasteiger partial charge on any atom is -0.362 e. The highest BCUT2D eigenvalue weighted by Gasteiger charge is 2.25. The number of piperidine rings is 1. The molecule has 2 aromatic rings. The topological polar surface area (TPSA) is 99.2 Å².